The second-order valence-electron chi connectivity index (χ2n) is 9.52. The van der Waals surface area contributed by atoms with Crippen LogP contribution in [0.25, 0.3) is 0 Å². The number of nitrogens with zero attached hydrogens (tertiary/aromatic N) is 4. The first kappa shape index (κ1) is 23.5. The van der Waals surface area contributed by atoms with Gasteiger partial charge in [0.2, 0.25) is 5.95 Å². The molecule has 2 unspecified atom stereocenters. The molecule has 10 heteroatoms. The van der Waals surface area contributed by atoms with Gasteiger partial charge in [0.15, 0.2) is 0 Å². The molecule has 0 bridgehead atoms. The van der Waals surface area contributed by atoms with Gasteiger partial charge in [-0.15, -0.1) is 0 Å². The van der Waals surface area contributed by atoms with Crippen LogP contribution in [-0.2, 0) is 14.1 Å². The highest BCUT2D eigenvalue weighted by Gasteiger charge is 2.49. The maximum absolute atomic E-state index is 14.0. The summed E-state index contributed by atoms with van der Waals surface area (Å²) < 4.78 is 30.2. The molecule has 2 aliphatic carbocycles. The first-order valence-corrected chi connectivity index (χ1v) is 11.7. The third-order valence-electron chi connectivity index (χ3n) is 7.08. The standard InChI is InChI=1S/C25H24ClF2N5O2/c1-32-13-29-21(22(32)24(34)31-18-3-4-20(27)19(26)9-18)15-7-16-10-25(35,11-17(16)8-15)6-5-14-12-30-33(2)23(14)28/h3-4,9,12-13,15-17,35H,7-8,10-11H2,1-2H3,(H,31,34). The number of aryl methyl sites for hydroxylation is 2. The van der Waals surface area contributed by atoms with Crippen LogP contribution in [-0.4, -0.2) is 35.9 Å². The van der Waals surface area contributed by atoms with E-state index in [0.29, 0.717) is 29.9 Å². The lowest BCUT2D eigenvalue weighted by Crippen LogP contribution is -2.24. The van der Waals surface area contributed by atoms with E-state index in [1.54, 1.807) is 17.9 Å². The second kappa shape index (κ2) is 8.77. The second-order valence-corrected chi connectivity index (χ2v) is 9.93. The van der Waals surface area contributed by atoms with Crippen LogP contribution in [0.2, 0.25) is 5.02 Å². The lowest BCUT2D eigenvalue weighted by Gasteiger charge is -2.18. The Morgan fingerprint density at radius 1 is 1.26 bits per heavy atom. The minimum Gasteiger partial charge on any atom is -0.378 e. The molecule has 2 saturated carbocycles. The lowest BCUT2D eigenvalue weighted by atomic mass is 9.92. The number of amides is 1. The largest absolute Gasteiger partial charge is 0.378 e. The van der Waals surface area contributed by atoms with Crippen LogP contribution in [0, 0.1) is 35.4 Å². The number of carbonyl (C=O) groups excluding carboxylic acids is 1. The quantitative estimate of drug-likeness (QED) is 0.533. The van der Waals surface area contributed by atoms with Gasteiger partial charge < -0.3 is 15.0 Å². The van der Waals surface area contributed by atoms with Crippen LogP contribution in [0.3, 0.4) is 0 Å². The van der Waals surface area contributed by atoms with Gasteiger partial charge in [0, 0.05) is 25.7 Å². The third-order valence-corrected chi connectivity index (χ3v) is 7.37. The van der Waals surface area contributed by atoms with E-state index < -0.39 is 17.4 Å². The summed E-state index contributed by atoms with van der Waals surface area (Å²) in [6.07, 6.45) is 5.49. The van der Waals surface area contributed by atoms with Crippen LogP contribution in [0.15, 0.2) is 30.7 Å². The van der Waals surface area contributed by atoms with Crippen molar-refractivity contribution < 1.29 is 18.7 Å². The predicted molar refractivity (Wildman–Crippen MR) is 126 cm³/mol. The highest BCUT2D eigenvalue weighted by molar-refractivity contribution is 6.31. The van der Waals surface area contributed by atoms with Gasteiger partial charge in [-0.25, -0.2) is 14.1 Å². The van der Waals surface area contributed by atoms with Gasteiger partial charge in [-0.1, -0.05) is 23.4 Å². The minimum atomic E-state index is -1.17. The molecular weight excluding hydrogens is 476 g/mol. The van der Waals surface area contributed by atoms with E-state index >= 15 is 0 Å². The molecule has 0 radical (unpaired) electrons. The van der Waals surface area contributed by atoms with Crippen molar-refractivity contribution in [3.63, 3.8) is 0 Å². The molecule has 2 N–H and O–H groups in total. The van der Waals surface area contributed by atoms with Gasteiger partial charge in [-0.3, -0.25) is 4.79 Å². The Balaban J connectivity index is 1.29. The van der Waals surface area contributed by atoms with Crippen LogP contribution in [0.1, 0.15) is 53.3 Å². The molecule has 35 heavy (non-hydrogen) atoms. The zero-order valence-corrected chi connectivity index (χ0v) is 20.0. The molecule has 2 fully saturated rings. The van der Waals surface area contributed by atoms with Crippen LogP contribution in [0.4, 0.5) is 14.5 Å². The lowest BCUT2D eigenvalue weighted by molar-refractivity contribution is 0.0979. The highest BCUT2D eigenvalue weighted by atomic mass is 35.5. The maximum atomic E-state index is 14.0. The van der Waals surface area contributed by atoms with Crippen molar-refractivity contribution in [1.29, 1.82) is 0 Å². The summed E-state index contributed by atoms with van der Waals surface area (Å²) in [4.78, 5) is 17.6. The SMILES string of the molecule is Cn1cnc(C2CC3CC(O)(C#Cc4cnn(C)c4F)CC3C2)c1C(=O)Nc1ccc(F)c(Cl)c1. The number of halogens is 3. The van der Waals surface area contributed by atoms with Crippen LogP contribution < -0.4 is 5.32 Å². The number of aromatic nitrogens is 4. The number of benzene rings is 1. The minimum absolute atomic E-state index is 0.0667. The number of anilines is 1. The van der Waals surface area contributed by atoms with E-state index in [1.165, 1.54) is 31.4 Å². The predicted octanol–water partition coefficient (Wildman–Crippen LogP) is 4.02. The number of hydrogen-bond donors (Lipinski definition) is 2. The average molecular weight is 500 g/mol. The van der Waals surface area contributed by atoms with Crippen molar-refractivity contribution in [2.45, 2.75) is 37.2 Å². The summed E-state index contributed by atoms with van der Waals surface area (Å²) in [5.74, 6) is 4.71. The smallest absolute Gasteiger partial charge is 0.274 e. The van der Waals surface area contributed by atoms with E-state index in [-0.39, 0.29) is 34.2 Å². The molecule has 1 amide bonds. The molecule has 2 aromatic heterocycles. The number of carbonyl (C=O) groups is 1. The number of nitrogens with one attached hydrogen (secondary N) is 1. The zero-order valence-electron chi connectivity index (χ0n) is 19.2. The maximum Gasteiger partial charge on any atom is 0.274 e. The normalized spacial score (nSPS) is 25.3. The Morgan fingerprint density at radius 2 is 1.97 bits per heavy atom. The van der Waals surface area contributed by atoms with E-state index in [1.807, 2.05) is 0 Å². The average Bonchev–Trinajstić information content (AvgIpc) is 3.53. The van der Waals surface area contributed by atoms with Gasteiger partial charge in [0.1, 0.15) is 17.1 Å². The molecule has 182 valence electrons. The van der Waals surface area contributed by atoms with Crippen molar-refractivity contribution in [1.82, 2.24) is 19.3 Å². The Hall–Kier alpha value is -3.22. The van der Waals surface area contributed by atoms with Crippen LogP contribution in [0.5, 0.6) is 0 Å². The molecule has 1 aromatic carbocycles. The number of rotatable bonds is 3. The first-order valence-electron chi connectivity index (χ1n) is 11.3. The Labute approximate surface area is 206 Å². The molecule has 0 aliphatic heterocycles. The molecule has 0 spiro atoms. The summed E-state index contributed by atoms with van der Waals surface area (Å²) in [5, 5.41) is 17.6. The van der Waals surface area contributed by atoms with Crippen molar-refractivity contribution in [3.05, 3.63) is 64.5 Å². The number of hydrogen-bond acceptors (Lipinski definition) is 4. The van der Waals surface area contributed by atoms with Crippen LogP contribution >= 0.6 is 11.6 Å². The zero-order chi connectivity index (χ0) is 24.9. The van der Waals surface area contributed by atoms with Crippen molar-refractivity contribution in [2.75, 3.05) is 5.32 Å². The summed E-state index contributed by atoms with van der Waals surface area (Å²) >= 11 is 5.84. The Bertz CT molecular complexity index is 1360. The van der Waals surface area contributed by atoms with E-state index in [4.69, 9.17) is 11.6 Å². The van der Waals surface area contributed by atoms with Crippen molar-refractivity contribution in [3.8, 4) is 11.8 Å². The highest BCUT2D eigenvalue weighted by Crippen LogP contribution is 2.53. The number of fused-ring (bicyclic) bond motifs is 1. The molecular formula is C25H24ClF2N5O2. The molecule has 2 heterocycles. The third kappa shape index (κ3) is 4.44. The van der Waals surface area contributed by atoms with Gasteiger partial charge in [-0.05, 0) is 55.7 Å². The number of imidazole rings is 1. The van der Waals surface area contributed by atoms with E-state index in [9.17, 15) is 18.7 Å². The fourth-order valence-corrected chi connectivity index (χ4v) is 5.65. The van der Waals surface area contributed by atoms with Gasteiger partial charge in [0.05, 0.1) is 28.8 Å². The molecule has 2 atom stereocenters. The summed E-state index contributed by atoms with van der Waals surface area (Å²) in [7, 11) is 3.25. The molecule has 5 rings (SSSR count). The van der Waals surface area contributed by atoms with E-state index in [2.05, 4.69) is 27.2 Å². The number of aliphatic hydroxyl groups is 1. The molecule has 3 aromatic rings. The first-order chi connectivity index (χ1) is 16.6. The Kier molecular flexibility index (Phi) is 5.90. The van der Waals surface area contributed by atoms with E-state index in [0.717, 1.165) is 17.5 Å². The summed E-state index contributed by atoms with van der Waals surface area (Å²) in [6, 6.07) is 4.02. The summed E-state index contributed by atoms with van der Waals surface area (Å²) in [6.45, 7) is 0. The van der Waals surface area contributed by atoms with Gasteiger partial charge in [0.25, 0.3) is 5.91 Å². The molecule has 2 aliphatic rings. The summed E-state index contributed by atoms with van der Waals surface area (Å²) in [5.41, 5.74) is 0.541. The molecule has 7 nitrogen and oxygen atoms in total. The monoisotopic (exact) mass is 499 g/mol. The molecule has 0 saturated heterocycles. The topological polar surface area (TPSA) is 85.0 Å². The fourth-order valence-electron chi connectivity index (χ4n) is 5.47. The van der Waals surface area contributed by atoms with Crippen molar-refractivity contribution in [2.24, 2.45) is 25.9 Å². The van der Waals surface area contributed by atoms with Gasteiger partial charge >= 0.3 is 0 Å². The van der Waals surface area contributed by atoms with Crippen molar-refractivity contribution >= 4 is 23.2 Å². The Morgan fingerprint density at radius 3 is 2.60 bits per heavy atom. The van der Waals surface area contributed by atoms with Gasteiger partial charge in [-0.2, -0.15) is 9.49 Å². The fraction of sp³-hybridized carbons (Fsp3) is 0.400.